The number of hydrogen-bond donors (Lipinski definition) is 0. The first-order valence-corrected chi connectivity index (χ1v) is 9.45. The number of benzene rings is 2. The van der Waals surface area contributed by atoms with Gasteiger partial charge in [-0.2, -0.15) is 8.42 Å². The summed E-state index contributed by atoms with van der Waals surface area (Å²) in [6.45, 7) is 3.61. The van der Waals surface area contributed by atoms with Crippen LogP contribution in [0.1, 0.15) is 42.1 Å². The minimum absolute atomic E-state index is 0.0436. The summed E-state index contributed by atoms with van der Waals surface area (Å²) in [5, 5.41) is 0. The molecule has 0 aliphatic heterocycles. The number of Topliss-reactive ketones (excluding diaryl/α,β-unsaturated/α-hetero) is 1. The first kappa shape index (κ1) is 19.1. The molecule has 0 amide bonds. The van der Waals surface area contributed by atoms with Crippen molar-refractivity contribution in [3.8, 4) is 5.75 Å². The van der Waals surface area contributed by atoms with E-state index in [2.05, 4.69) is 13.8 Å². The molecule has 0 aliphatic rings. The van der Waals surface area contributed by atoms with Gasteiger partial charge in [-0.1, -0.05) is 26.0 Å². The highest BCUT2D eigenvalue weighted by Crippen LogP contribution is 2.21. The summed E-state index contributed by atoms with van der Waals surface area (Å²) < 4.78 is 34.4. The van der Waals surface area contributed by atoms with Gasteiger partial charge in [-0.25, -0.2) is 0 Å². The zero-order chi connectivity index (χ0) is 18.4. The third-order valence-electron chi connectivity index (χ3n) is 4.11. The number of rotatable bonds is 8. The molecule has 6 heteroatoms. The first-order chi connectivity index (χ1) is 11.9. The van der Waals surface area contributed by atoms with Gasteiger partial charge in [0.15, 0.2) is 5.78 Å². The van der Waals surface area contributed by atoms with Gasteiger partial charge in [0.25, 0.3) is 10.1 Å². The van der Waals surface area contributed by atoms with Crippen LogP contribution in [0.15, 0.2) is 53.4 Å². The minimum Gasteiger partial charge on any atom is -0.497 e. The maximum absolute atomic E-state index is 12.2. The molecule has 0 saturated heterocycles. The molecule has 0 aromatic heterocycles. The Kier molecular flexibility index (Phi) is 6.33. The van der Waals surface area contributed by atoms with Gasteiger partial charge >= 0.3 is 0 Å². The van der Waals surface area contributed by atoms with Crippen LogP contribution >= 0.6 is 0 Å². The van der Waals surface area contributed by atoms with Crippen molar-refractivity contribution in [2.45, 2.75) is 31.1 Å². The highest BCUT2D eigenvalue weighted by atomic mass is 32.2. The van der Waals surface area contributed by atoms with Crippen LogP contribution in [-0.2, 0) is 14.3 Å². The zero-order valence-corrected chi connectivity index (χ0v) is 15.4. The van der Waals surface area contributed by atoms with Crippen LogP contribution < -0.4 is 4.74 Å². The lowest BCUT2D eigenvalue weighted by Crippen LogP contribution is -2.15. The minimum atomic E-state index is -3.97. The number of methoxy groups -OCH3 is 1. The average molecular weight is 362 g/mol. The molecule has 1 atom stereocenters. The van der Waals surface area contributed by atoms with E-state index in [1.54, 1.807) is 36.4 Å². The Morgan fingerprint density at radius 3 is 2.16 bits per heavy atom. The van der Waals surface area contributed by atoms with Crippen molar-refractivity contribution in [3.05, 3.63) is 59.7 Å². The van der Waals surface area contributed by atoms with Gasteiger partial charge in [-0.05, 0) is 54.3 Å². The number of ketones is 1. The van der Waals surface area contributed by atoms with E-state index in [1.807, 2.05) is 0 Å². The first-order valence-electron chi connectivity index (χ1n) is 8.04. The van der Waals surface area contributed by atoms with E-state index in [0.29, 0.717) is 17.2 Å². The molecule has 25 heavy (non-hydrogen) atoms. The fourth-order valence-corrected chi connectivity index (χ4v) is 3.13. The Labute approximate surface area is 148 Å². The second-order valence-electron chi connectivity index (χ2n) is 5.75. The monoisotopic (exact) mass is 362 g/mol. The lowest BCUT2D eigenvalue weighted by atomic mass is 9.99. The maximum atomic E-state index is 12.2. The number of hydrogen-bond acceptors (Lipinski definition) is 5. The predicted octanol–water partition coefficient (Wildman–Crippen LogP) is 3.80. The molecule has 0 aliphatic carbocycles. The number of carbonyl (C=O) groups excluding carboxylic acids is 1. The highest BCUT2D eigenvalue weighted by Gasteiger charge is 2.18. The Bertz CT molecular complexity index is 808. The van der Waals surface area contributed by atoms with Crippen LogP contribution in [-0.4, -0.2) is 27.9 Å². The molecule has 1 unspecified atom stereocenters. The molecule has 134 valence electrons. The third kappa shape index (κ3) is 4.90. The van der Waals surface area contributed by atoms with Crippen molar-refractivity contribution in [1.82, 2.24) is 0 Å². The Morgan fingerprint density at radius 1 is 1.04 bits per heavy atom. The SMILES string of the molecule is CCC(C)c1ccc(S(=O)(=O)OCC(=O)c2ccc(OC)cc2)cc1. The molecule has 5 nitrogen and oxygen atoms in total. The van der Waals surface area contributed by atoms with Crippen molar-refractivity contribution in [2.75, 3.05) is 13.7 Å². The van der Waals surface area contributed by atoms with E-state index in [1.165, 1.54) is 19.2 Å². The molecule has 0 heterocycles. The van der Waals surface area contributed by atoms with Gasteiger partial charge in [0, 0.05) is 5.56 Å². The summed E-state index contributed by atoms with van der Waals surface area (Å²) in [7, 11) is -2.44. The fourth-order valence-electron chi connectivity index (χ4n) is 2.26. The normalized spacial score (nSPS) is 12.6. The Hall–Kier alpha value is -2.18. The maximum Gasteiger partial charge on any atom is 0.297 e. The topological polar surface area (TPSA) is 69.7 Å². The molecule has 2 aromatic rings. The molecular weight excluding hydrogens is 340 g/mol. The van der Waals surface area contributed by atoms with Gasteiger partial charge in [-0.15, -0.1) is 0 Å². The summed E-state index contributed by atoms with van der Waals surface area (Å²) in [5.41, 5.74) is 1.43. The largest absolute Gasteiger partial charge is 0.497 e. The van der Waals surface area contributed by atoms with Crippen LogP contribution in [0.25, 0.3) is 0 Å². The van der Waals surface area contributed by atoms with Crippen molar-refractivity contribution in [3.63, 3.8) is 0 Å². The van der Waals surface area contributed by atoms with Crippen LogP contribution in [0.5, 0.6) is 5.75 Å². The van der Waals surface area contributed by atoms with Crippen molar-refractivity contribution in [2.24, 2.45) is 0 Å². The molecule has 0 bridgehead atoms. The van der Waals surface area contributed by atoms with E-state index in [4.69, 9.17) is 8.92 Å². The van der Waals surface area contributed by atoms with E-state index in [-0.39, 0.29) is 4.90 Å². The van der Waals surface area contributed by atoms with E-state index in [0.717, 1.165) is 12.0 Å². The molecular formula is C19H22O5S. The van der Waals surface area contributed by atoms with Crippen molar-refractivity contribution >= 4 is 15.9 Å². The van der Waals surface area contributed by atoms with Crippen LogP contribution in [0, 0.1) is 0 Å². The fraction of sp³-hybridized carbons (Fsp3) is 0.316. The Morgan fingerprint density at radius 2 is 1.64 bits per heavy atom. The molecule has 2 aromatic carbocycles. The van der Waals surface area contributed by atoms with Gasteiger partial charge in [0.05, 0.1) is 12.0 Å². The van der Waals surface area contributed by atoms with Crippen molar-refractivity contribution < 1.29 is 22.1 Å². The zero-order valence-electron chi connectivity index (χ0n) is 14.6. The summed E-state index contributed by atoms with van der Waals surface area (Å²) in [5.74, 6) is 0.559. The number of ether oxygens (including phenoxy) is 1. The summed E-state index contributed by atoms with van der Waals surface area (Å²) in [6, 6.07) is 13.0. The predicted molar refractivity (Wildman–Crippen MR) is 95.6 cm³/mol. The average Bonchev–Trinajstić information content (AvgIpc) is 2.65. The van der Waals surface area contributed by atoms with Crippen LogP contribution in [0.4, 0.5) is 0 Å². The van der Waals surface area contributed by atoms with E-state index >= 15 is 0 Å². The third-order valence-corrected chi connectivity index (χ3v) is 5.39. The van der Waals surface area contributed by atoms with E-state index < -0.39 is 22.5 Å². The summed E-state index contributed by atoms with van der Waals surface area (Å²) in [4.78, 5) is 12.1. The van der Waals surface area contributed by atoms with Gasteiger partial charge in [0.1, 0.15) is 12.4 Å². The number of carbonyl (C=O) groups is 1. The molecule has 0 saturated carbocycles. The molecule has 0 spiro atoms. The quantitative estimate of drug-likeness (QED) is 0.528. The summed E-state index contributed by atoms with van der Waals surface area (Å²) in [6.07, 6.45) is 0.971. The lowest BCUT2D eigenvalue weighted by molar-refractivity contribution is 0.0924. The lowest BCUT2D eigenvalue weighted by Gasteiger charge is -2.10. The van der Waals surface area contributed by atoms with Gasteiger partial charge in [-0.3, -0.25) is 8.98 Å². The second kappa shape index (κ2) is 8.27. The Balaban J connectivity index is 2.04. The smallest absolute Gasteiger partial charge is 0.297 e. The van der Waals surface area contributed by atoms with Crippen LogP contribution in [0.2, 0.25) is 0 Å². The molecule has 2 rings (SSSR count). The molecule has 0 radical (unpaired) electrons. The molecule has 0 N–H and O–H groups in total. The standard InChI is InChI=1S/C19H22O5S/c1-4-14(2)15-7-11-18(12-8-15)25(21,22)24-13-19(20)16-5-9-17(23-3)10-6-16/h5-12,14H,4,13H2,1-3H3. The highest BCUT2D eigenvalue weighted by molar-refractivity contribution is 7.86. The second-order valence-corrected chi connectivity index (χ2v) is 7.36. The van der Waals surface area contributed by atoms with E-state index in [9.17, 15) is 13.2 Å². The van der Waals surface area contributed by atoms with Crippen LogP contribution in [0.3, 0.4) is 0 Å². The summed E-state index contributed by atoms with van der Waals surface area (Å²) >= 11 is 0. The van der Waals surface area contributed by atoms with Gasteiger partial charge < -0.3 is 4.74 Å². The molecule has 0 fully saturated rings. The van der Waals surface area contributed by atoms with Gasteiger partial charge in [0.2, 0.25) is 0 Å². The van der Waals surface area contributed by atoms with Crippen molar-refractivity contribution in [1.29, 1.82) is 0 Å².